The fourth-order valence-electron chi connectivity index (χ4n) is 2.83. The van der Waals surface area contributed by atoms with E-state index in [0.717, 1.165) is 64.1 Å². The number of nitrogens with one attached hydrogen (secondary N) is 2. The highest BCUT2D eigenvalue weighted by Crippen LogP contribution is 2.11. The molecule has 4 nitrogen and oxygen atoms in total. The molecular weight excluding hydrogens is 293 g/mol. The van der Waals surface area contributed by atoms with E-state index in [2.05, 4.69) is 15.5 Å². The lowest BCUT2D eigenvalue weighted by atomic mass is 10.0. The minimum absolute atomic E-state index is 0.0440. The van der Waals surface area contributed by atoms with Crippen molar-refractivity contribution in [3.05, 3.63) is 35.6 Å². The van der Waals surface area contributed by atoms with Gasteiger partial charge in [0.25, 0.3) is 0 Å². The fourth-order valence-corrected chi connectivity index (χ4v) is 2.83. The first-order valence-corrected chi connectivity index (χ1v) is 8.60. The van der Waals surface area contributed by atoms with Crippen molar-refractivity contribution in [3.63, 3.8) is 0 Å². The van der Waals surface area contributed by atoms with Gasteiger partial charge < -0.3 is 15.5 Å². The van der Waals surface area contributed by atoms with Gasteiger partial charge in [0.1, 0.15) is 5.82 Å². The maximum absolute atomic E-state index is 13.1. The van der Waals surface area contributed by atoms with Crippen LogP contribution in [0.3, 0.4) is 0 Å². The van der Waals surface area contributed by atoms with Gasteiger partial charge in [0.2, 0.25) is 5.91 Å². The Hall–Kier alpha value is -1.46. The molecule has 0 bridgehead atoms. The van der Waals surface area contributed by atoms with Crippen LogP contribution in [0.4, 0.5) is 4.39 Å². The van der Waals surface area contributed by atoms with E-state index >= 15 is 0 Å². The Morgan fingerprint density at radius 3 is 2.91 bits per heavy atom. The van der Waals surface area contributed by atoms with Gasteiger partial charge in [-0.05, 0) is 43.5 Å². The summed E-state index contributed by atoms with van der Waals surface area (Å²) in [6.45, 7) is 8.01. The molecule has 1 aliphatic heterocycles. The van der Waals surface area contributed by atoms with Crippen molar-refractivity contribution in [1.82, 2.24) is 15.5 Å². The molecule has 1 saturated heterocycles. The molecule has 0 saturated carbocycles. The second kappa shape index (κ2) is 9.63. The van der Waals surface area contributed by atoms with E-state index in [0.29, 0.717) is 0 Å². The molecule has 1 aliphatic rings. The Kier molecular flexibility index (Phi) is 7.49. The second-order valence-corrected chi connectivity index (χ2v) is 6.31. The third kappa shape index (κ3) is 6.67. The largest absolute Gasteiger partial charge is 0.356 e. The number of hydrogen-bond acceptors (Lipinski definition) is 3. The number of benzene rings is 1. The molecule has 1 aromatic carbocycles. The monoisotopic (exact) mass is 321 g/mol. The summed E-state index contributed by atoms with van der Waals surface area (Å²) in [5, 5.41) is 6.35. The number of amides is 1. The number of hydrogen-bond donors (Lipinski definition) is 2. The van der Waals surface area contributed by atoms with E-state index in [-0.39, 0.29) is 17.6 Å². The van der Waals surface area contributed by atoms with Crippen LogP contribution in [0, 0.1) is 11.7 Å². The van der Waals surface area contributed by atoms with Crippen LogP contribution < -0.4 is 10.6 Å². The maximum Gasteiger partial charge on any atom is 0.222 e. The minimum atomic E-state index is -0.215. The highest BCUT2D eigenvalue weighted by atomic mass is 19.1. The molecule has 1 aromatic rings. The van der Waals surface area contributed by atoms with Gasteiger partial charge in [0, 0.05) is 38.6 Å². The summed E-state index contributed by atoms with van der Waals surface area (Å²) in [6.07, 6.45) is 2.46. The Morgan fingerprint density at radius 1 is 1.39 bits per heavy atom. The minimum Gasteiger partial charge on any atom is -0.356 e. The van der Waals surface area contributed by atoms with E-state index in [1.807, 2.05) is 13.0 Å². The molecule has 0 aromatic heterocycles. The predicted octanol–water partition coefficient (Wildman–Crippen LogP) is 1.81. The zero-order chi connectivity index (χ0) is 16.5. The quantitative estimate of drug-likeness (QED) is 0.718. The van der Waals surface area contributed by atoms with E-state index < -0.39 is 0 Å². The molecule has 23 heavy (non-hydrogen) atoms. The molecule has 2 rings (SSSR count). The first kappa shape index (κ1) is 17.9. The average Bonchev–Trinajstić information content (AvgIpc) is 2.57. The van der Waals surface area contributed by atoms with Crippen LogP contribution in [0.15, 0.2) is 24.3 Å². The zero-order valence-electron chi connectivity index (χ0n) is 14.0. The molecule has 2 N–H and O–H groups in total. The van der Waals surface area contributed by atoms with Crippen molar-refractivity contribution in [2.75, 3.05) is 39.3 Å². The molecule has 5 heteroatoms. The first-order valence-electron chi connectivity index (χ1n) is 8.60. The van der Waals surface area contributed by atoms with E-state index in [9.17, 15) is 9.18 Å². The SMILES string of the molecule is CC(CCc1cccc(F)c1)C(=O)NCCCN1CCNCC1. The van der Waals surface area contributed by atoms with Crippen LogP contribution in [-0.2, 0) is 11.2 Å². The number of carbonyl (C=O) groups is 1. The third-order valence-electron chi connectivity index (χ3n) is 4.36. The van der Waals surface area contributed by atoms with Gasteiger partial charge in [-0.3, -0.25) is 4.79 Å². The first-order chi connectivity index (χ1) is 11.1. The Labute approximate surface area is 138 Å². The topological polar surface area (TPSA) is 44.4 Å². The van der Waals surface area contributed by atoms with Crippen LogP contribution in [-0.4, -0.2) is 50.1 Å². The molecule has 128 valence electrons. The maximum atomic E-state index is 13.1. The van der Waals surface area contributed by atoms with Crippen molar-refractivity contribution in [2.24, 2.45) is 5.92 Å². The number of rotatable bonds is 8. The smallest absolute Gasteiger partial charge is 0.222 e. The number of nitrogens with zero attached hydrogens (tertiary/aromatic N) is 1. The average molecular weight is 321 g/mol. The summed E-state index contributed by atoms with van der Waals surface area (Å²) in [5.41, 5.74) is 0.948. The summed E-state index contributed by atoms with van der Waals surface area (Å²) in [5.74, 6) is -0.160. The number of aryl methyl sites for hydroxylation is 1. The summed E-state index contributed by atoms with van der Waals surface area (Å²) in [4.78, 5) is 14.5. The van der Waals surface area contributed by atoms with Gasteiger partial charge in [0.15, 0.2) is 0 Å². The fraction of sp³-hybridized carbons (Fsp3) is 0.611. The van der Waals surface area contributed by atoms with Gasteiger partial charge in [0.05, 0.1) is 0 Å². The number of piperazine rings is 1. The van der Waals surface area contributed by atoms with Gasteiger partial charge in [-0.25, -0.2) is 4.39 Å². The Balaban J connectivity index is 1.59. The molecule has 0 spiro atoms. The molecule has 1 fully saturated rings. The summed E-state index contributed by atoms with van der Waals surface area (Å²) in [7, 11) is 0. The summed E-state index contributed by atoms with van der Waals surface area (Å²) < 4.78 is 13.1. The zero-order valence-corrected chi connectivity index (χ0v) is 14.0. The van der Waals surface area contributed by atoms with E-state index in [4.69, 9.17) is 0 Å². The van der Waals surface area contributed by atoms with Gasteiger partial charge in [-0.1, -0.05) is 19.1 Å². The van der Waals surface area contributed by atoms with E-state index in [1.54, 1.807) is 6.07 Å². The second-order valence-electron chi connectivity index (χ2n) is 6.31. The number of halogens is 1. The number of carbonyl (C=O) groups excluding carboxylic acids is 1. The van der Waals surface area contributed by atoms with Gasteiger partial charge >= 0.3 is 0 Å². The molecule has 1 heterocycles. The van der Waals surface area contributed by atoms with Gasteiger partial charge in [-0.15, -0.1) is 0 Å². The predicted molar refractivity (Wildman–Crippen MR) is 90.8 cm³/mol. The lowest BCUT2D eigenvalue weighted by Crippen LogP contribution is -2.44. The van der Waals surface area contributed by atoms with Crippen molar-refractivity contribution >= 4 is 5.91 Å². The standard InChI is InChI=1S/C18H28FN3O/c1-15(6-7-16-4-2-5-17(19)14-16)18(23)21-8-3-11-22-12-9-20-10-13-22/h2,4-5,14-15,20H,3,6-13H2,1H3,(H,21,23). The Bertz CT molecular complexity index is 489. The van der Waals surface area contributed by atoms with Crippen molar-refractivity contribution < 1.29 is 9.18 Å². The Morgan fingerprint density at radius 2 is 2.17 bits per heavy atom. The molecule has 0 radical (unpaired) electrons. The lowest BCUT2D eigenvalue weighted by molar-refractivity contribution is -0.124. The van der Waals surface area contributed by atoms with Crippen molar-refractivity contribution in [3.8, 4) is 0 Å². The molecule has 1 unspecified atom stereocenters. The van der Waals surface area contributed by atoms with Crippen LogP contribution in [0.5, 0.6) is 0 Å². The van der Waals surface area contributed by atoms with Crippen LogP contribution in [0.2, 0.25) is 0 Å². The van der Waals surface area contributed by atoms with Crippen molar-refractivity contribution in [1.29, 1.82) is 0 Å². The highest BCUT2D eigenvalue weighted by molar-refractivity contribution is 5.78. The third-order valence-corrected chi connectivity index (χ3v) is 4.36. The molecule has 1 atom stereocenters. The molecule has 0 aliphatic carbocycles. The summed E-state index contributed by atoms with van der Waals surface area (Å²) >= 11 is 0. The molecular formula is C18H28FN3O. The van der Waals surface area contributed by atoms with Crippen LogP contribution in [0.25, 0.3) is 0 Å². The molecule has 1 amide bonds. The van der Waals surface area contributed by atoms with Gasteiger partial charge in [-0.2, -0.15) is 0 Å². The van der Waals surface area contributed by atoms with Crippen molar-refractivity contribution in [2.45, 2.75) is 26.2 Å². The lowest BCUT2D eigenvalue weighted by Gasteiger charge is -2.27. The van der Waals surface area contributed by atoms with E-state index in [1.165, 1.54) is 12.1 Å². The van der Waals surface area contributed by atoms with Crippen LogP contribution in [0.1, 0.15) is 25.3 Å². The summed E-state index contributed by atoms with van der Waals surface area (Å²) in [6, 6.07) is 6.60. The highest BCUT2D eigenvalue weighted by Gasteiger charge is 2.13. The van der Waals surface area contributed by atoms with Crippen LogP contribution >= 0.6 is 0 Å². The normalized spacial score (nSPS) is 17.0.